The Kier molecular flexibility index (Phi) is 564. The zero-order valence-electron chi connectivity index (χ0n) is 3.38. The topological polar surface area (TPSA) is 85.5 Å². The second-order valence-electron chi connectivity index (χ2n) is 0. The molecule has 0 amide bonds. The molecule has 0 aliphatic rings. The number of hydrogen-bond donors (Lipinski definition) is 0. The summed E-state index contributed by atoms with van der Waals surface area (Å²) >= 11 is 0. The molecule has 3 nitrogen and oxygen atoms in total. The monoisotopic (exact) mass is 382 g/mol. The summed E-state index contributed by atoms with van der Waals surface area (Å²) in [6.07, 6.45) is 0. The Bertz CT molecular complexity index is 10.9. The average Bonchev–Trinajstić information content (AvgIpc) is 0. The maximum atomic E-state index is 0. The van der Waals surface area contributed by atoms with Crippen LogP contribution in [0.5, 0.6) is 0 Å². The van der Waals surface area contributed by atoms with E-state index in [0.29, 0.717) is 0 Å². The predicted molar refractivity (Wildman–Crippen MR) is 13.6 cm³/mol. The van der Waals surface area contributed by atoms with Crippen molar-refractivity contribution in [2.45, 2.75) is 0 Å². The molecule has 0 aromatic carbocycles. The minimum atomic E-state index is 0. The fraction of sp³-hybridized carbons (Fsp3) is 0. The van der Waals surface area contributed by atoms with Crippen LogP contribution in [0.25, 0.3) is 0 Å². The summed E-state index contributed by atoms with van der Waals surface area (Å²) in [6.45, 7) is 0. The van der Waals surface area contributed by atoms with Gasteiger partial charge in [-0.05, 0) is 0 Å². The molecule has 0 aromatic rings. The van der Waals surface area contributed by atoms with E-state index in [0.717, 1.165) is 0 Å². The number of rotatable bonds is 0. The van der Waals surface area contributed by atoms with Gasteiger partial charge in [0, 0.05) is 83.5 Å². The van der Waals surface area contributed by atoms with E-state index in [-0.39, 0.29) is 135 Å². The Morgan fingerprint density at radius 3 is 0.429 bits per heavy atom. The smallest absolute Gasteiger partial charge is 2.00 e. The fourth-order valence-electron chi connectivity index (χ4n) is 0. The van der Waals surface area contributed by atoms with Gasteiger partial charge in [-0.1, -0.05) is 0 Å². The van der Waals surface area contributed by atoms with Gasteiger partial charge in [-0.15, -0.1) is 0 Å². The van der Waals surface area contributed by atoms with E-state index < -0.39 is 0 Å². The molecule has 0 bridgehead atoms. The SMILES string of the molecule is [Al+3].[Al+3].[Ce].[Ce].[O-2].[O-2].[O-2]. The van der Waals surface area contributed by atoms with Gasteiger partial charge in [-0.2, -0.15) is 0 Å². The Hall–Kier alpha value is 3.70. The molecule has 0 saturated heterocycles. The van der Waals surface area contributed by atoms with Gasteiger partial charge in [0.15, 0.2) is 0 Å². The third-order valence-electron chi connectivity index (χ3n) is 0. The van der Waals surface area contributed by atoms with Gasteiger partial charge in [-0.25, -0.2) is 0 Å². The summed E-state index contributed by atoms with van der Waals surface area (Å²) in [6, 6.07) is 0. The van der Waals surface area contributed by atoms with Crippen molar-refractivity contribution in [3.63, 3.8) is 0 Å². The summed E-state index contributed by atoms with van der Waals surface area (Å²) in [7, 11) is 0. The third-order valence-corrected chi connectivity index (χ3v) is 0. The first kappa shape index (κ1) is 73.6. The Balaban J connectivity index is 0. The molecule has 0 aliphatic carbocycles. The van der Waals surface area contributed by atoms with Gasteiger partial charge < -0.3 is 16.4 Å². The molecule has 0 aliphatic heterocycles. The van der Waals surface area contributed by atoms with Crippen molar-refractivity contribution in [2.24, 2.45) is 0 Å². The van der Waals surface area contributed by atoms with E-state index in [1.807, 2.05) is 0 Å². The van der Waals surface area contributed by atoms with Crippen LogP contribution in [0.4, 0.5) is 0 Å². The molecular weight excluding hydrogens is 382 g/mol. The van der Waals surface area contributed by atoms with E-state index >= 15 is 0 Å². The van der Waals surface area contributed by atoms with Crippen LogP contribution in [0.15, 0.2) is 0 Å². The summed E-state index contributed by atoms with van der Waals surface area (Å²) in [5, 5.41) is 0. The summed E-state index contributed by atoms with van der Waals surface area (Å²) in [5.41, 5.74) is 0. The zero-order valence-corrected chi connectivity index (χ0v) is 12.0. The van der Waals surface area contributed by atoms with Crippen molar-refractivity contribution in [3.8, 4) is 0 Å². The van der Waals surface area contributed by atoms with Gasteiger partial charge in [0.25, 0.3) is 0 Å². The molecule has 7 heavy (non-hydrogen) atoms. The van der Waals surface area contributed by atoms with Crippen LogP contribution in [-0.2, 0) is 16.4 Å². The molecule has 7 heteroatoms. The Labute approximate surface area is 131 Å². The minimum Gasteiger partial charge on any atom is -2.00 e. The van der Waals surface area contributed by atoms with Crippen LogP contribution in [0.1, 0.15) is 0 Å². The van der Waals surface area contributed by atoms with Crippen LogP contribution in [0.2, 0.25) is 0 Å². The van der Waals surface area contributed by atoms with Crippen molar-refractivity contribution in [3.05, 3.63) is 0 Å². The van der Waals surface area contributed by atoms with Gasteiger partial charge in [0.05, 0.1) is 0 Å². The normalized spacial score (nSPS) is 0. The molecule has 0 atom stereocenters. The van der Waals surface area contributed by atoms with Gasteiger partial charge in [0.1, 0.15) is 0 Å². The van der Waals surface area contributed by atoms with Crippen LogP contribution in [-0.4, -0.2) is 34.7 Å². The van der Waals surface area contributed by atoms with Crippen molar-refractivity contribution < 1.29 is 99.9 Å². The molecule has 0 N–H and O–H groups in total. The largest absolute Gasteiger partial charge is 3.00 e. The first-order valence-electron chi connectivity index (χ1n) is 0. The summed E-state index contributed by atoms with van der Waals surface area (Å²) in [5.74, 6) is 0. The molecule has 0 rings (SSSR count). The third kappa shape index (κ3) is 42.0. The molecule has 0 spiro atoms. The summed E-state index contributed by atoms with van der Waals surface area (Å²) < 4.78 is 0. The molecule has 0 radical (unpaired) electrons. The fourth-order valence-corrected chi connectivity index (χ4v) is 0. The van der Waals surface area contributed by atoms with Crippen molar-refractivity contribution in [1.29, 1.82) is 0 Å². The van der Waals surface area contributed by atoms with Crippen LogP contribution in [0.3, 0.4) is 0 Å². The molecule has 32 valence electrons. The van der Waals surface area contributed by atoms with E-state index in [1.54, 1.807) is 0 Å². The maximum absolute atomic E-state index is 0. The van der Waals surface area contributed by atoms with Gasteiger partial charge >= 0.3 is 34.7 Å². The van der Waals surface area contributed by atoms with E-state index in [9.17, 15) is 0 Å². The molecule has 0 aromatic heterocycles. The van der Waals surface area contributed by atoms with Crippen molar-refractivity contribution in [2.75, 3.05) is 0 Å². The van der Waals surface area contributed by atoms with Gasteiger partial charge in [0.2, 0.25) is 0 Å². The van der Waals surface area contributed by atoms with Crippen LogP contribution >= 0.6 is 0 Å². The van der Waals surface area contributed by atoms with Gasteiger partial charge in [-0.3, -0.25) is 0 Å². The molecule has 0 fully saturated rings. The first-order chi connectivity index (χ1) is 0. The molecule has 0 unspecified atom stereocenters. The molecule has 0 heterocycles. The van der Waals surface area contributed by atoms with Crippen molar-refractivity contribution in [1.82, 2.24) is 0 Å². The van der Waals surface area contributed by atoms with Crippen molar-refractivity contribution >= 4 is 34.7 Å². The molecule has 0 saturated carbocycles. The Morgan fingerprint density at radius 1 is 0.429 bits per heavy atom. The minimum absolute atomic E-state index is 0. The second-order valence-corrected chi connectivity index (χ2v) is 0. The van der Waals surface area contributed by atoms with E-state index in [1.165, 1.54) is 0 Å². The Morgan fingerprint density at radius 2 is 0.429 bits per heavy atom. The quantitative estimate of drug-likeness (QED) is 0.476. The van der Waals surface area contributed by atoms with Crippen LogP contribution < -0.4 is 0 Å². The van der Waals surface area contributed by atoms with Crippen LogP contribution in [0, 0.1) is 83.5 Å². The second kappa shape index (κ2) is 53.7. The standard InChI is InChI=1S/2Al.2Ce.3O/q2*+3;;;3*-2. The maximum Gasteiger partial charge on any atom is 3.00 e. The van der Waals surface area contributed by atoms with E-state index in [2.05, 4.69) is 0 Å². The average molecular weight is 382 g/mol. The van der Waals surface area contributed by atoms with E-state index in [4.69, 9.17) is 0 Å². The first-order valence-corrected chi connectivity index (χ1v) is 0. The summed E-state index contributed by atoms with van der Waals surface area (Å²) in [4.78, 5) is 0. The predicted octanol–water partition coefficient (Wildman–Crippen LogP) is -1.12. The number of hydrogen-bond acceptors (Lipinski definition) is 0. The zero-order chi connectivity index (χ0) is 0. The molecular formula is Al2Ce2O3.